The topological polar surface area (TPSA) is 91.8 Å². The van der Waals surface area contributed by atoms with Crippen LogP contribution < -0.4 is 20.1 Å². The van der Waals surface area contributed by atoms with Crippen LogP contribution in [0.3, 0.4) is 0 Å². The quantitative estimate of drug-likeness (QED) is 0.263. The number of sulfonamides is 1. The minimum absolute atomic E-state index is 0. The smallest absolute Gasteiger partial charge is 0.213 e. The van der Waals surface area contributed by atoms with Gasteiger partial charge in [-0.2, -0.15) is 0 Å². The van der Waals surface area contributed by atoms with Crippen molar-refractivity contribution < 1.29 is 13.2 Å². The first-order valence-electron chi connectivity index (χ1n) is 10.6. The van der Waals surface area contributed by atoms with Gasteiger partial charge in [0.15, 0.2) is 5.96 Å². The van der Waals surface area contributed by atoms with E-state index in [0.717, 1.165) is 30.6 Å². The van der Waals surface area contributed by atoms with Crippen LogP contribution in [0.1, 0.15) is 58.1 Å². The molecule has 9 heteroatoms. The number of benzene rings is 1. The van der Waals surface area contributed by atoms with Gasteiger partial charge in [-0.05, 0) is 45.6 Å². The summed E-state index contributed by atoms with van der Waals surface area (Å²) in [5, 5.41) is 6.69. The number of fused-ring (bicyclic) bond motifs is 1. The van der Waals surface area contributed by atoms with E-state index in [0.29, 0.717) is 25.0 Å². The van der Waals surface area contributed by atoms with Crippen molar-refractivity contribution >= 4 is 40.0 Å². The molecule has 0 bridgehead atoms. The Labute approximate surface area is 197 Å². The fraction of sp³-hybridized carbons (Fsp3) is 0.667. The van der Waals surface area contributed by atoms with Crippen molar-refractivity contribution in [3.05, 3.63) is 29.8 Å². The van der Waals surface area contributed by atoms with Crippen LogP contribution in [-0.4, -0.2) is 45.4 Å². The van der Waals surface area contributed by atoms with Crippen LogP contribution >= 0.6 is 24.0 Å². The molecule has 2 aliphatic rings. The van der Waals surface area contributed by atoms with Gasteiger partial charge in [0.25, 0.3) is 0 Å². The molecule has 1 saturated carbocycles. The number of hydrogen-bond acceptors (Lipinski definition) is 4. The molecule has 170 valence electrons. The average molecular weight is 551 g/mol. The minimum Gasteiger partial charge on any atom is -0.487 e. The molecular weight excluding hydrogens is 515 g/mol. The molecule has 0 spiro atoms. The molecule has 1 aromatic rings. The number of para-hydroxylation sites is 1. The Kier molecular flexibility index (Phi) is 9.23. The van der Waals surface area contributed by atoms with Crippen molar-refractivity contribution in [2.45, 2.75) is 58.1 Å². The third-order valence-corrected chi connectivity index (χ3v) is 6.80. The fourth-order valence-electron chi connectivity index (χ4n) is 3.71. The van der Waals surface area contributed by atoms with Crippen molar-refractivity contribution in [3.63, 3.8) is 0 Å². The van der Waals surface area contributed by atoms with Crippen LogP contribution in [0.4, 0.5) is 0 Å². The van der Waals surface area contributed by atoms with E-state index in [4.69, 9.17) is 4.74 Å². The third-order valence-electron chi connectivity index (χ3n) is 5.48. The highest BCUT2D eigenvalue weighted by molar-refractivity contribution is 14.0. The van der Waals surface area contributed by atoms with Crippen molar-refractivity contribution in [2.75, 3.05) is 25.4 Å². The molecule has 0 saturated heterocycles. The summed E-state index contributed by atoms with van der Waals surface area (Å²) in [5.41, 5.74) is 0.796. The molecule has 7 nitrogen and oxygen atoms in total. The van der Waals surface area contributed by atoms with Gasteiger partial charge in [-0.15, -0.1) is 24.0 Å². The highest BCUT2D eigenvalue weighted by atomic mass is 127. The molecule has 1 aliphatic carbocycles. The number of hydrogen-bond donors (Lipinski definition) is 3. The monoisotopic (exact) mass is 550 g/mol. The van der Waals surface area contributed by atoms with E-state index in [1.165, 1.54) is 6.42 Å². The SMILES string of the molecule is CCNC(=NCCS(=O)(=O)NCC1CCC1)NC1CC(C)(C)Oc2ccccc21.I. The van der Waals surface area contributed by atoms with Crippen LogP contribution in [0, 0.1) is 5.92 Å². The maximum absolute atomic E-state index is 12.2. The molecule has 30 heavy (non-hydrogen) atoms. The van der Waals surface area contributed by atoms with E-state index in [9.17, 15) is 8.42 Å². The zero-order chi connectivity index (χ0) is 20.9. The van der Waals surface area contributed by atoms with Crippen molar-refractivity contribution in [3.8, 4) is 5.75 Å². The Bertz CT molecular complexity index is 825. The highest BCUT2D eigenvalue weighted by Gasteiger charge is 2.34. The molecular formula is C21H35IN4O3S. The number of nitrogens with one attached hydrogen (secondary N) is 3. The first-order chi connectivity index (χ1) is 13.8. The summed E-state index contributed by atoms with van der Waals surface area (Å²) < 4.78 is 33.2. The zero-order valence-electron chi connectivity index (χ0n) is 18.1. The van der Waals surface area contributed by atoms with Gasteiger partial charge in [-0.1, -0.05) is 24.6 Å². The second kappa shape index (κ2) is 11.0. The van der Waals surface area contributed by atoms with Gasteiger partial charge in [-0.3, -0.25) is 4.99 Å². The fourth-order valence-corrected chi connectivity index (χ4v) is 4.67. The number of ether oxygens (including phenoxy) is 1. The Morgan fingerprint density at radius 2 is 2.00 bits per heavy atom. The Hall–Kier alpha value is -1.07. The molecule has 3 N–H and O–H groups in total. The summed E-state index contributed by atoms with van der Waals surface area (Å²) in [6.07, 6.45) is 4.24. The van der Waals surface area contributed by atoms with Gasteiger partial charge >= 0.3 is 0 Å². The molecule has 0 radical (unpaired) electrons. The lowest BCUT2D eigenvalue weighted by Crippen LogP contribution is -2.45. The predicted molar refractivity (Wildman–Crippen MR) is 132 cm³/mol. The van der Waals surface area contributed by atoms with Crippen molar-refractivity contribution in [1.82, 2.24) is 15.4 Å². The summed E-state index contributed by atoms with van der Waals surface area (Å²) >= 11 is 0. The number of halogens is 1. The first kappa shape index (κ1) is 25.2. The standard InChI is InChI=1S/C21H34N4O3S.HI/c1-4-22-20(23-12-13-29(26,27)24-15-16-8-7-9-16)25-18-14-21(2,3)28-19-11-6-5-10-17(18)19;/h5-6,10-11,16,18,24H,4,7-9,12-15H2,1-3H3,(H2,22,23,25);1H. The Balaban J connectivity index is 0.00000320. The molecule has 1 aliphatic heterocycles. The number of rotatable bonds is 8. The van der Waals surface area contributed by atoms with Crippen molar-refractivity contribution in [1.29, 1.82) is 0 Å². The molecule has 1 fully saturated rings. The number of aliphatic imine (C=N–C) groups is 1. The van der Waals surface area contributed by atoms with Crippen LogP contribution in [-0.2, 0) is 10.0 Å². The maximum Gasteiger partial charge on any atom is 0.213 e. The second-order valence-corrected chi connectivity index (χ2v) is 10.5. The van der Waals surface area contributed by atoms with Crippen LogP contribution in [0.2, 0.25) is 0 Å². The maximum atomic E-state index is 12.2. The van der Waals surface area contributed by atoms with E-state index in [-0.39, 0.29) is 47.9 Å². The normalized spacial score (nSPS) is 20.9. The summed E-state index contributed by atoms with van der Waals surface area (Å²) in [6, 6.07) is 8.05. The third kappa shape index (κ3) is 7.26. The van der Waals surface area contributed by atoms with Gasteiger partial charge < -0.3 is 15.4 Å². The first-order valence-corrected chi connectivity index (χ1v) is 12.2. The Morgan fingerprint density at radius 1 is 1.27 bits per heavy atom. The lowest BCUT2D eigenvalue weighted by atomic mass is 9.86. The summed E-state index contributed by atoms with van der Waals surface area (Å²) in [5.74, 6) is 2.00. The van der Waals surface area contributed by atoms with E-state index < -0.39 is 10.0 Å². The van der Waals surface area contributed by atoms with Crippen LogP contribution in [0.5, 0.6) is 5.75 Å². The minimum atomic E-state index is -3.30. The van der Waals surface area contributed by atoms with E-state index >= 15 is 0 Å². The molecule has 1 unspecified atom stereocenters. The number of guanidine groups is 1. The van der Waals surface area contributed by atoms with Crippen molar-refractivity contribution in [2.24, 2.45) is 10.9 Å². The zero-order valence-corrected chi connectivity index (χ0v) is 21.3. The lowest BCUT2D eigenvalue weighted by Gasteiger charge is -2.38. The molecule has 1 atom stereocenters. The van der Waals surface area contributed by atoms with Crippen LogP contribution in [0.15, 0.2) is 29.3 Å². The molecule has 0 amide bonds. The predicted octanol–water partition coefficient (Wildman–Crippen LogP) is 3.18. The lowest BCUT2D eigenvalue weighted by molar-refractivity contribution is 0.0694. The summed E-state index contributed by atoms with van der Waals surface area (Å²) in [6.45, 7) is 7.61. The summed E-state index contributed by atoms with van der Waals surface area (Å²) in [7, 11) is -3.30. The molecule has 3 rings (SSSR count). The van der Waals surface area contributed by atoms with Crippen LogP contribution in [0.25, 0.3) is 0 Å². The summed E-state index contributed by atoms with van der Waals surface area (Å²) in [4.78, 5) is 4.51. The molecule has 1 heterocycles. The highest BCUT2D eigenvalue weighted by Crippen LogP contribution is 2.39. The van der Waals surface area contributed by atoms with Gasteiger partial charge in [0.05, 0.1) is 18.3 Å². The Morgan fingerprint density at radius 3 is 2.67 bits per heavy atom. The van der Waals surface area contributed by atoms with Gasteiger partial charge in [0.2, 0.25) is 10.0 Å². The van der Waals surface area contributed by atoms with E-state index in [1.807, 2.05) is 25.1 Å². The number of nitrogens with zero attached hydrogens (tertiary/aromatic N) is 1. The second-order valence-electron chi connectivity index (χ2n) is 8.53. The van der Waals surface area contributed by atoms with Gasteiger partial charge in [0.1, 0.15) is 11.4 Å². The molecule has 1 aromatic carbocycles. The largest absolute Gasteiger partial charge is 0.487 e. The molecule has 0 aromatic heterocycles. The van der Waals surface area contributed by atoms with E-state index in [2.05, 4.69) is 40.3 Å². The average Bonchev–Trinajstić information content (AvgIpc) is 2.59. The van der Waals surface area contributed by atoms with E-state index in [1.54, 1.807) is 0 Å². The van der Waals surface area contributed by atoms with Gasteiger partial charge in [-0.25, -0.2) is 13.1 Å². The van der Waals surface area contributed by atoms with Gasteiger partial charge in [0, 0.05) is 25.1 Å².